The zero-order chi connectivity index (χ0) is 11.6. The molecule has 0 heterocycles. The molecule has 0 fully saturated rings. The van der Waals surface area contributed by atoms with Crippen molar-refractivity contribution in [2.24, 2.45) is 0 Å². The molecule has 0 saturated carbocycles. The summed E-state index contributed by atoms with van der Waals surface area (Å²) in [6, 6.07) is 2.26. The Bertz CT molecular complexity index is 467. The maximum Gasteiger partial charge on any atom is 0.182 e. The summed E-state index contributed by atoms with van der Waals surface area (Å²) >= 11 is 0. The van der Waals surface area contributed by atoms with Crippen LogP contribution in [-0.2, 0) is 16.4 Å². The number of aliphatic hydroxyl groups is 1. The highest BCUT2D eigenvalue weighted by atomic mass is 32.2. The zero-order valence-electron chi connectivity index (χ0n) is 8.32. The van der Waals surface area contributed by atoms with E-state index in [1.807, 2.05) is 0 Å². The minimum Gasteiger partial charge on any atom is -0.495 e. The quantitative estimate of drug-likeness (QED) is 0.837. The minimum absolute atomic E-state index is 0.0958. The van der Waals surface area contributed by atoms with Crippen molar-refractivity contribution in [1.29, 1.82) is 0 Å². The summed E-state index contributed by atoms with van der Waals surface area (Å²) in [6.45, 7) is -0.378. The fourth-order valence-corrected chi connectivity index (χ4v) is 2.15. The molecule has 84 valence electrons. The first-order valence-corrected chi connectivity index (χ1v) is 5.96. The van der Waals surface area contributed by atoms with Gasteiger partial charge in [-0.1, -0.05) is 0 Å². The van der Waals surface area contributed by atoms with Crippen LogP contribution in [0, 0.1) is 5.82 Å². The number of sulfone groups is 1. The summed E-state index contributed by atoms with van der Waals surface area (Å²) in [4.78, 5) is -0.484. The molecule has 0 saturated heterocycles. The molecule has 1 N–H and O–H groups in total. The lowest BCUT2D eigenvalue weighted by molar-refractivity contribution is 0.279. The van der Waals surface area contributed by atoms with Gasteiger partial charge >= 0.3 is 0 Å². The van der Waals surface area contributed by atoms with Gasteiger partial charge in [-0.15, -0.1) is 0 Å². The summed E-state index contributed by atoms with van der Waals surface area (Å²) in [6.07, 6.45) is 0.895. The second-order valence-corrected chi connectivity index (χ2v) is 4.99. The number of methoxy groups -OCH3 is 1. The van der Waals surface area contributed by atoms with Gasteiger partial charge in [0, 0.05) is 6.26 Å². The number of ether oxygens (including phenoxy) is 1. The number of aliphatic hydroxyl groups excluding tert-OH is 1. The van der Waals surface area contributed by atoms with Crippen LogP contribution in [-0.4, -0.2) is 26.9 Å². The van der Waals surface area contributed by atoms with Crippen LogP contribution in [0.25, 0.3) is 0 Å². The van der Waals surface area contributed by atoms with E-state index in [-0.39, 0.29) is 17.9 Å². The van der Waals surface area contributed by atoms with E-state index >= 15 is 0 Å². The van der Waals surface area contributed by atoms with Gasteiger partial charge in [0.25, 0.3) is 0 Å². The van der Waals surface area contributed by atoms with E-state index in [0.717, 1.165) is 12.3 Å². The lowest BCUT2D eigenvalue weighted by Crippen LogP contribution is -2.05. The maximum absolute atomic E-state index is 13.4. The van der Waals surface area contributed by atoms with Gasteiger partial charge in [0.05, 0.1) is 13.7 Å². The Kier molecular flexibility index (Phi) is 3.31. The van der Waals surface area contributed by atoms with E-state index in [2.05, 4.69) is 0 Å². The van der Waals surface area contributed by atoms with Crippen LogP contribution in [0.3, 0.4) is 0 Å². The highest BCUT2D eigenvalue weighted by Crippen LogP contribution is 2.28. The van der Waals surface area contributed by atoms with Crippen molar-refractivity contribution in [2.75, 3.05) is 13.4 Å². The van der Waals surface area contributed by atoms with Crippen molar-refractivity contribution in [2.45, 2.75) is 11.5 Å². The fraction of sp³-hybridized carbons (Fsp3) is 0.333. The number of hydrogen-bond acceptors (Lipinski definition) is 4. The number of halogens is 1. The van der Waals surface area contributed by atoms with Crippen LogP contribution in [0.2, 0.25) is 0 Å². The van der Waals surface area contributed by atoms with Crippen molar-refractivity contribution < 1.29 is 22.7 Å². The first-order valence-electron chi connectivity index (χ1n) is 4.07. The predicted molar refractivity (Wildman–Crippen MR) is 52.0 cm³/mol. The fourth-order valence-electron chi connectivity index (χ4n) is 1.22. The molecule has 4 nitrogen and oxygen atoms in total. The van der Waals surface area contributed by atoms with Gasteiger partial charge in [-0.25, -0.2) is 12.8 Å². The molecule has 1 aromatic carbocycles. The second kappa shape index (κ2) is 4.16. The monoisotopic (exact) mass is 234 g/mol. The van der Waals surface area contributed by atoms with E-state index in [1.165, 1.54) is 13.2 Å². The van der Waals surface area contributed by atoms with Crippen molar-refractivity contribution in [3.63, 3.8) is 0 Å². The van der Waals surface area contributed by atoms with Crippen LogP contribution in [0.4, 0.5) is 4.39 Å². The van der Waals surface area contributed by atoms with E-state index in [9.17, 15) is 12.8 Å². The highest BCUT2D eigenvalue weighted by molar-refractivity contribution is 7.90. The smallest absolute Gasteiger partial charge is 0.182 e. The van der Waals surface area contributed by atoms with Gasteiger partial charge in [-0.05, 0) is 17.7 Å². The summed E-state index contributed by atoms with van der Waals surface area (Å²) in [5.74, 6) is -1.01. The first kappa shape index (κ1) is 11.9. The molecule has 0 amide bonds. The molecule has 0 radical (unpaired) electrons. The second-order valence-electron chi connectivity index (χ2n) is 3.04. The lowest BCUT2D eigenvalue weighted by atomic mass is 10.2. The SMILES string of the molecule is COc1cc(CO)cc(F)c1S(C)(=O)=O. The molecule has 6 heteroatoms. The number of hydrogen-bond donors (Lipinski definition) is 1. The van der Waals surface area contributed by atoms with Gasteiger partial charge in [0.15, 0.2) is 9.84 Å². The van der Waals surface area contributed by atoms with E-state index in [0.29, 0.717) is 0 Å². The van der Waals surface area contributed by atoms with Crippen molar-refractivity contribution in [3.05, 3.63) is 23.5 Å². The highest BCUT2D eigenvalue weighted by Gasteiger charge is 2.20. The van der Waals surface area contributed by atoms with Crippen LogP contribution >= 0.6 is 0 Å². The third kappa shape index (κ3) is 2.45. The molecule has 0 aliphatic carbocycles. The Morgan fingerprint density at radius 2 is 2.07 bits per heavy atom. The van der Waals surface area contributed by atoms with Crippen LogP contribution in [0.5, 0.6) is 5.75 Å². The van der Waals surface area contributed by atoms with Gasteiger partial charge in [0.1, 0.15) is 16.5 Å². The summed E-state index contributed by atoms with van der Waals surface area (Å²) in [7, 11) is -2.44. The van der Waals surface area contributed by atoms with Crippen LogP contribution in [0.15, 0.2) is 17.0 Å². The molecule has 0 aliphatic rings. The summed E-state index contributed by atoms with van der Waals surface area (Å²) < 4.78 is 40.7. The van der Waals surface area contributed by atoms with Crippen molar-refractivity contribution >= 4 is 9.84 Å². The van der Waals surface area contributed by atoms with E-state index < -0.39 is 20.5 Å². The molecule has 0 spiro atoms. The van der Waals surface area contributed by atoms with Crippen LogP contribution in [0.1, 0.15) is 5.56 Å². The first-order chi connectivity index (χ1) is 6.90. The maximum atomic E-state index is 13.4. The molecular weight excluding hydrogens is 223 g/mol. The lowest BCUT2D eigenvalue weighted by Gasteiger charge is -2.09. The van der Waals surface area contributed by atoms with Gasteiger partial charge in [0.2, 0.25) is 0 Å². The van der Waals surface area contributed by atoms with E-state index in [1.54, 1.807) is 0 Å². The zero-order valence-corrected chi connectivity index (χ0v) is 9.14. The molecule has 0 bridgehead atoms. The molecule has 1 aromatic rings. The van der Waals surface area contributed by atoms with Crippen molar-refractivity contribution in [1.82, 2.24) is 0 Å². The molecule has 0 aromatic heterocycles. The number of rotatable bonds is 3. The predicted octanol–water partition coefficient (Wildman–Crippen LogP) is 0.730. The topological polar surface area (TPSA) is 63.6 Å². The van der Waals surface area contributed by atoms with Gasteiger partial charge in [-0.3, -0.25) is 0 Å². The third-order valence-electron chi connectivity index (χ3n) is 1.84. The molecule has 15 heavy (non-hydrogen) atoms. The Morgan fingerprint density at radius 3 is 2.47 bits per heavy atom. The standard InChI is InChI=1S/C9H11FO4S/c1-14-8-4-6(5-11)3-7(10)9(8)15(2,12)13/h3-4,11H,5H2,1-2H3. The minimum atomic E-state index is -3.68. The Balaban J connectivity index is 3.52. The van der Waals surface area contributed by atoms with Gasteiger partial charge < -0.3 is 9.84 Å². The third-order valence-corrected chi connectivity index (χ3v) is 2.98. The molecular formula is C9H11FO4S. The summed E-state index contributed by atoms with van der Waals surface area (Å²) in [5, 5.41) is 8.80. The molecule has 0 aliphatic heterocycles. The average Bonchev–Trinajstić information content (AvgIpc) is 2.14. The van der Waals surface area contributed by atoms with Crippen LogP contribution < -0.4 is 4.74 Å². The molecule has 0 unspecified atom stereocenters. The Hall–Kier alpha value is -1.14. The summed E-state index contributed by atoms with van der Waals surface area (Å²) in [5.41, 5.74) is 0.261. The van der Waals surface area contributed by atoms with E-state index in [4.69, 9.17) is 9.84 Å². The number of benzene rings is 1. The van der Waals surface area contributed by atoms with Crippen molar-refractivity contribution in [3.8, 4) is 5.75 Å². The molecule has 0 atom stereocenters. The normalized spacial score (nSPS) is 11.5. The Morgan fingerprint density at radius 1 is 1.47 bits per heavy atom. The average molecular weight is 234 g/mol. The molecule has 1 rings (SSSR count). The van der Waals surface area contributed by atoms with Gasteiger partial charge in [-0.2, -0.15) is 0 Å². The Labute approximate surface area is 87.2 Å². The largest absolute Gasteiger partial charge is 0.495 e.